The number of benzene rings is 3. The van der Waals surface area contributed by atoms with E-state index in [1.165, 1.54) is 19.3 Å². The summed E-state index contributed by atoms with van der Waals surface area (Å²) in [6.45, 7) is 2.82. The van der Waals surface area contributed by atoms with Crippen LogP contribution in [0.3, 0.4) is 0 Å². The van der Waals surface area contributed by atoms with Crippen LogP contribution in [0.25, 0.3) is 0 Å². The standard InChI is InChI=1S/C41H56O11/c1-2-3-4-5-6-16-23-47-41-39(49-27-31-21-14-9-15-22-31)38(48-26-30-19-12-8-13-20-30)37(52-41)33(28-46-25-29-17-10-7-11-18-29)50-40-35(45)34(44)36(51-40)32(43)24-42/h7-15,17-22,32-45H,2-6,16,23-28H2,1H3/t32?,33?,34-,35-,36+,37+,38+,39-,40?,41-/m1/s1. The number of ether oxygens (including phenoxy) is 7. The minimum atomic E-state index is -1.52. The number of rotatable bonds is 23. The van der Waals surface area contributed by atoms with E-state index in [4.69, 9.17) is 33.2 Å². The van der Waals surface area contributed by atoms with Crippen LogP contribution in [0.2, 0.25) is 0 Å². The Balaban J connectivity index is 1.40. The van der Waals surface area contributed by atoms with Crippen molar-refractivity contribution < 1.29 is 53.6 Å². The molecule has 0 radical (unpaired) electrons. The lowest BCUT2D eigenvalue weighted by molar-refractivity contribution is -0.248. The molecule has 2 heterocycles. The molecule has 52 heavy (non-hydrogen) atoms. The topological polar surface area (TPSA) is 146 Å². The zero-order chi connectivity index (χ0) is 36.5. The van der Waals surface area contributed by atoms with Gasteiger partial charge in [0.25, 0.3) is 0 Å². The highest BCUT2D eigenvalue weighted by molar-refractivity contribution is 5.15. The molecular weight excluding hydrogens is 668 g/mol. The number of aliphatic hydroxyl groups is 4. The van der Waals surface area contributed by atoms with Crippen molar-refractivity contribution in [3.8, 4) is 0 Å². The summed E-state index contributed by atoms with van der Waals surface area (Å²) in [5.74, 6) is 0. The molecule has 2 fully saturated rings. The molecule has 0 amide bonds. The van der Waals surface area contributed by atoms with Crippen LogP contribution in [-0.2, 0) is 53.0 Å². The van der Waals surface area contributed by atoms with Gasteiger partial charge in [0.15, 0.2) is 12.6 Å². The first-order valence-electron chi connectivity index (χ1n) is 18.6. The van der Waals surface area contributed by atoms with Crippen molar-refractivity contribution in [1.82, 2.24) is 0 Å². The first kappa shape index (κ1) is 40.4. The first-order valence-corrected chi connectivity index (χ1v) is 18.6. The third kappa shape index (κ3) is 11.9. The Hall–Kier alpha value is -2.78. The van der Waals surface area contributed by atoms with E-state index in [0.717, 1.165) is 36.0 Å². The fourth-order valence-electron chi connectivity index (χ4n) is 6.52. The number of hydrogen-bond donors (Lipinski definition) is 4. The summed E-state index contributed by atoms with van der Waals surface area (Å²) in [6.07, 6.45) is -4.37. The molecule has 0 saturated carbocycles. The van der Waals surface area contributed by atoms with Crippen LogP contribution >= 0.6 is 0 Å². The summed E-state index contributed by atoms with van der Waals surface area (Å²) >= 11 is 0. The molecule has 2 aliphatic heterocycles. The lowest BCUT2D eigenvalue weighted by atomic mass is 10.0. The Kier molecular flexibility index (Phi) is 16.9. The van der Waals surface area contributed by atoms with E-state index in [0.29, 0.717) is 6.61 Å². The molecular formula is C41H56O11. The lowest BCUT2D eigenvalue weighted by Gasteiger charge is -2.31. The molecule has 0 spiro atoms. The van der Waals surface area contributed by atoms with Gasteiger partial charge >= 0.3 is 0 Å². The van der Waals surface area contributed by atoms with Crippen molar-refractivity contribution in [3.05, 3.63) is 108 Å². The average Bonchev–Trinajstić information content (AvgIpc) is 3.67. The van der Waals surface area contributed by atoms with Gasteiger partial charge in [0.2, 0.25) is 0 Å². The predicted octanol–water partition coefficient (Wildman–Crippen LogP) is 4.66. The Morgan fingerprint density at radius 3 is 1.75 bits per heavy atom. The van der Waals surface area contributed by atoms with Crippen molar-refractivity contribution in [3.63, 3.8) is 0 Å². The van der Waals surface area contributed by atoms with Crippen molar-refractivity contribution in [2.24, 2.45) is 0 Å². The summed E-state index contributed by atoms with van der Waals surface area (Å²) in [5.41, 5.74) is 2.88. The quantitative estimate of drug-likeness (QED) is 0.101. The number of unbranched alkanes of at least 4 members (excludes halogenated alkanes) is 5. The van der Waals surface area contributed by atoms with Crippen LogP contribution in [0.5, 0.6) is 0 Å². The fraction of sp³-hybridized carbons (Fsp3) is 0.561. The Labute approximate surface area is 307 Å². The van der Waals surface area contributed by atoms with Gasteiger partial charge in [0, 0.05) is 6.61 Å². The summed E-state index contributed by atoms with van der Waals surface area (Å²) < 4.78 is 44.7. The molecule has 3 aromatic carbocycles. The van der Waals surface area contributed by atoms with Gasteiger partial charge < -0.3 is 53.6 Å². The van der Waals surface area contributed by atoms with Crippen LogP contribution in [0.1, 0.15) is 62.1 Å². The Bertz CT molecular complexity index is 1370. The van der Waals surface area contributed by atoms with Gasteiger partial charge in [-0.05, 0) is 23.1 Å². The molecule has 0 bridgehead atoms. The second kappa shape index (κ2) is 21.8. The van der Waals surface area contributed by atoms with Crippen LogP contribution in [0.4, 0.5) is 0 Å². The maximum absolute atomic E-state index is 11.0. The van der Waals surface area contributed by atoms with E-state index < -0.39 is 68.0 Å². The molecule has 3 unspecified atom stereocenters. The predicted molar refractivity (Wildman–Crippen MR) is 193 cm³/mol. The van der Waals surface area contributed by atoms with Crippen molar-refractivity contribution in [2.75, 3.05) is 19.8 Å². The molecule has 0 aliphatic carbocycles. The highest BCUT2D eigenvalue weighted by atomic mass is 16.8. The average molecular weight is 725 g/mol. The first-order chi connectivity index (χ1) is 25.5. The van der Waals surface area contributed by atoms with Crippen molar-refractivity contribution in [1.29, 1.82) is 0 Å². The summed E-state index contributed by atoms with van der Waals surface area (Å²) in [4.78, 5) is 0. The van der Waals surface area contributed by atoms with E-state index >= 15 is 0 Å². The second-order valence-corrected chi connectivity index (χ2v) is 13.5. The molecule has 286 valence electrons. The largest absolute Gasteiger partial charge is 0.394 e. The third-order valence-corrected chi connectivity index (χ3v) is 9.45. The minimum Gasteiger partial charge on any atom is -0.394 e. The summed E-state index contributed by atoms with van der Waals surface area (Å²) in [7, 11) is 0. The molecule has 2 saturated heterocycles. The van der Waals surface area contributed by atoms with Gasteiger partial charge in [-0.3, -0.25) is 0 Å². The third-order valence-electron chi connectivity index (χ3n) is 9.45. The molecule has 3 aromatic rings. The Morgan fingerprint density at radius 2 is 1.15 bits per heavy atom. The van der Waals surface area contributed by atoms with Crippen LogP contribution in [0.15, 0.2) is 91.0 Å². The van der Waals surface area contributed by atoms with Crippen molar-refractivity contribution >= 4 is 0 Å². The van der Waals surface area contributed by atoms with E-state index in [-0.39, 0.29) is 26.4 Å². The van der Waals surface area contributed by atoms with Gasteiger partial charge in [-0.25, -0.2) is 0 Å². The molecule has 11 nitrogen and oxygen atoms in total. The molecule has 11 heteroatoms. The van der Waals surface area contributed by atoms with E-state index in [2.05, 4.69) is 6.92 Å². The molecule has 10 atom stereocenters. The van der Waals surface area contributed by atoms with Gasteiger partial charge in [0.05, 0.1) is 33.0 Å². The van der Waals surface area contributed by atoms with E-state index in [1.54, 1.807) is 0 Å². The molecule has 2 aliphatic rings. The molecule has 0 aromatic heterocycles. The molecule has 5 rings (SSSR count). The smallest absolute Gasteiger partial charge is 0.187 e. The molecule has 4 N–H and O–H groups in total. The van der Waals surface area contributed by atoms with E-state index in [1.807, 2.05) is 91.0 Å². The van der Waals surface area contributed by atoms with E-state index in [9.17, 15) is 20.4 Å². The number of hydrogen-bond acceptors (Lipinski definition) is 11. The van der Waals surface area contributed by atoms with Crippen LogP contribution < -0.4 is 0 Å². The maximum Gasteiger partial charge on any atom is 0.187 e. The Morgan fingerprint density at radius 1 is 0.615 bits per heavy atom. The second-order valence-electron chi connectivity index (χ2n) is 13.5. The normalized spacial score (nSPS) is 27.2. The summed E-state index contributed by atoms with van der Waals surface area (Å²) in [6, 6.07) is 29.3. The zero-order valence-electron chi connectivity index (χ0n) is 30.1. The highest BCUT2D eigenvalue weighted by Gasteiger charge is 2.53. The van der Waals surface area contributed by atoms with Gasteiger partial charge in [-0.2, -0.15) is 0 Å². The highest BCUT2D eigenvalue weighted by Crippen LogP contribution is 2.35. The monoisotopic (exact) mass is 724 g/mol. The number of aliphatic hydroxyl groups excluding tert-OH is 4. The minimum absolute atomic E-state index is 0.00376. The van der Waals surface area contributed by atoms with Gasteiger partial charge in [0.1, 0.15) is 48.8 Å². The fourth-order valence-corrected chi connectivity index (χ4v) is 6.52. The van der Waals surface area contributed by atoms with Gasteiger partial charge in [-0.15, -0.1) is 0 Å². The lowest BCUT2D eigenvalue weighted by Crippen LogP contribution is -2.47. The summed E-state index contributed by atoms with van der Waals surface area (Å²) in [5, 5.41) is 41.5. The van der Waals surface area contributed by atoms with Crippen LogP contribution in [-0.4, -0.2) is 102 Å². The van der Waals surface area contributed by atoms with Crippen LogP contribution in [0, 0.1) is 0 Å². The maximum atomic E-state index is 11.0. The van der Waals surface area contributed by atoms with Gasteiger partial charge in [-0.1, -0.05) is 130 Å². The SMILES string of the molecule is CCCCCCCCO[C@@H]1O[C@@H](C(COCc2ccccc2)OC2O[C@@H](C(O)CO)[C@H](O)[C@H]2O)[C@H](OCc2ccccc2)[C@H]1OCc1ccccc1. The zero-order valence-corrected chi connectivity index (χ0v) is 30.1. The van der Waals surface area contributed by atoms with Crippen molar-refractivity contribution in [2.45, 2.75) is 127 Å².